The molecule has 2 rings (SSSR count). The second kappa shape index (κ2) is 5.40. The number of carbonyl (C=O) groups is 1. The standard InChI is InChI=1S/C14H20N2O2/c1-11-10-15-9-8-14(11,13(17)18-2)16-12-6-4-3-5-7-12/h3-7,11,15-16H,8-10H2,1-2H3/t11-,14-/m0/s1. The highest BCUT2D eigenvalue weighted by atomic mass is 16.5. The summed E-state index contributed by atoms with van der Waals surface area (Å²) in [6, 6.07) is 9.82. The zero-order valence-electron chi connectivity index (χ0n) is 10.9. The molecule has 98 valence electrons. The van der Waals surface area contributed by atoms with Crippen LogP contribution < -0.4 is 10.6 Å². The normalized spacial score (nSPS) is 27.6. The summed E-state index contributed by atoms with van der Waals surface area (Å²) in [5.74, 6) is -0.000686. The van der Waals surface area contributed by atoms with Crippen molar-refractivity contribution in [2.24, 2.45) is 5.92 Å². The molecule has 0 aromatic heterocycles. The Labute approximate surface area is 108 Å². The molecular formula is C14H20N2O2. The van der Waals surface area contributed by atoms with Crippen molar-refractivity contribution in [2.45, 2.75) is 18.9 Å². The predicted octanol–water partition coefficient (Wildman–Crippen LogP) is 1.64. The van der Waals surface area contributed by atoms with Crippen LogP contribution in [0.5, 0.6) is 0 Å². The van der Waals surface area contributed by atoms with Crippen LogP contribution in [0.4, 0.5) is 5.69 Å². The third-order valence-electron chi connectivity index (χ3n) is 3.68. The molecule has 4 heteroatoms. The molecule has 4 nitrogen and oxygen atoms in total. The summed E-state index contributed by atoms with van der Waals surface area (Å²) in [4.78, 5) is 12.2. The molecule has 2 atom stereocenters. The van der Waals surface area contributed by atoms with Gasteiger partial charge in [0.2, 0.25) is 0 Å². The van der Waals surface area contributed by atoms with Crippen LogP contribution in [-0.2, 0) is 9.53 Å². The molecule has 0 unspecified atom stereocenters. The van der Waals surface area contributed by atoms with Crippen molar-refractivity contribution < 1.29 is 9.53 Å². The second-order valence-electron chi connectivity index (χ2n) is 4.81. The van der Waals surface area contributed by atoms with Crippen molar-refractivity contribution >= 4 is 11.7 Å². The van der Waals surface area contributed by atoms with Gasteiger partial charge in [0.15, 0.2) is 0 Å². The van der Waals surface area contributed by atoms with Crippen LogP contribution in [-0.4, -0.2) is 31.7 Å². The highest BCUT2D eigenvalue weighted by Crippen LogP contribution is 2.30. The number of anilines is 1. The molecule has 1 aliphatic rings. The maximum atomic E-state index is 12.2. The average molecular weight is 248 g/mol. The average Bonchev–Trinajstić information content (AvgIpc) is 2.41. The van der Waals surface area contributed by atoms with Crippen molar-refractivity contribution in [3.63, 3.8) is 0 Å². The molecule has 18 heavy (non-hydrogen) atoms. The van der Waals surface area contributed by atoms with Crippen LogP contribution in [0.3, 0.4) is 0 Å². The number of rotatable bonds is 3. The van der Waals surface area contributed by atoms with Gasteiger partial charge in [-0.25, -0.2) is 4.79 Å². The summed E-state index contributed by atoms with van der Waals surface area (Å²) < 4.78 is 5.01. The van der Waals surface area contributed by atoms with Gasteiger partial charge < -0.3 is 15.4 Å². The molecule has 0 saturated carbocycles. The fraction of sp³-hybridized carbons (Fsp3) is 0.500. The number of para-hydroxylation sites is 1. The van der Waals surface area contributed by atoms with E-state index in [0.29, 0.717) is 0 Å². The third kappa shape index (κ3) is 2.34. The smallest absolute Gasteiger partial charge is 0.331 e. The van der Waals surface area contributed by atoms with Crippen molar-refractivity contribution in [2.75, 3.05) is 25.5 Å². The van der Waals surface area contributed by atoms with Crippen molar-refractivity contribution in [1.29, 1.82) is 0 Å². The first-order chi connectivity index (χ1) is 8.69. The molecule has 1 aromatic rings. The number of benzene rings is 1. The van der Waals surface area contributed by atoms with E-state index in [0.717, 1.165) is 25.2 Å². The molecule has 1 aliphatic heterocycles. The van der Waals surface area contributed by atoms with Crippen LogP contribution in [0.25, 0.3) is 0 Å². The molecule has 1 heterocycles. The number of hydrogen-bond acceptors (Lipinski definition) is 4. The number of methoxy groups -OCH3 is 1. The third-order valence-corrected chi connectivity index (χ3v) is 3.68. The van der Waals surface area contributed by atoms with Crippen LogP contribution in [0.2, 0.25) is 0 Å². The highest BCUT2D eigenvalue weighted by molar-refractivity contribution is 5.85. The molecule has 0 radical (unpaired) electrons. The Hall–Kier alpha value is -1.55. The van der Waals surface area contributed by atoms with Crippen molar-refractivity contribution in [3.05, 3.63) is 30.3 Å². The van der Waals surface area contributed by atoms with Gasteiger partial charge in [-0.3, -0.25) is 0 Å². The fourth-order valence-corrected chi connectivity index (χ4v) is 2.53. The van der Waals surface area contributed by atoms with E-state index in [1.807, 2.05) is 30.3 Å². The van der Waals surface area contributed by atoms with E-state index in [1.54, 1.807) is 0 Å². The van der Waals surface area contributed by atoms with Gasteiger partial charge in [0, 0.05) is 18.2 Å². The van der Waals surface area contributed by atoms with E-state index >= 15 is 0 Å². The van der Waals surface area contributed by atoms with E-state index in [-0.39, 0.29) is 11.9 Å². The van der Waals surface area contributed by atoms with Crippen molar-refractivity contribution in [1.82, 2.24) is 5.32 Å². The molecule has 1 fully saturated rings. The van der Waals surface area contributed by atoms with E-state index in [9.17, 15) is 4.79 Å². The van der Waals surface area contributed by atoms with E-state index in [2.05, 4.69) is 17.6 Å². The Kier molecular flexibility index (Phi) is 3.87. The lowest BCUT2D eigenvalue weighted by Crippen LogP contribution is -2.59. The van der Waals surface area contributed by atoms with Crippen LogP contribution in [0.1, 0.15) is 13.3 Å². The zero-order valence-corrected chi connectivity index (χ0v) is 10.9. The van der Waals surface area contributed by atoms with Gasteiger partial charge in [0.05, 0.1) is 7.11 Å². The predicted molar refractivity (Wildman–Crippen MR) is 71.5 cm³/mol. The highest BCUT2D eigenvalue weighted by Gasteiger charge is 2.46. The lowest BCUT2D eigenvalue weighted by Gasteiger charge is -2.41. The molecule has 0 spiro atoms. The Morgan fingerprint density at radius 1 is 1.44 bits per heavy atom. The zero-order chi connectivity index (χ0) is 13.0. The van der Waals surface area contributed by atoms with Gasteiger partial charge in [0.25, 0.3) is 0 Å². The topological polar surface area (TPSA) is 50.4 Å². The summed E-state index contributed by atoms with van der Waals surface area (Å²) in [5, 5.41) is 6.69. The number of carbonyl (C=O) groups excluding carboxylic acids is 1. The Balaban J connectivity index is 2.27. The van der Waals surface area contributed by atoms with Gasteiger partial charge in [-0.05, 0) is 25.1 Å². The maximum Gasteiger partial charge on any atom is 0.331 e. The summed E-state index contributed by atoms with van der Waals surface area (Å²) in [6.45, 7) is 3.70. The fourth-order valence-electron chi connectivity index (χ4n) is 2.53. The van der Waals surface area contributed by atoms with Gasteiger partial charge >= 0.3 is 5.97 Å². The van der Waals surface area contributed by atoms with Gasteiger partial charge in [0.1, 0.15) is 5.54 Å². The number of nitrogens with one attached hydrogen (secondary N) is 2. The number of hydrogen-bond donors (Lipinski definition) is 2. The van der Waals surface area contributed by atoms with E-state index < -0.39 is 5.54 Å². The maximum absolute atomic E-state index is 12.2. The quantitative estimate of drug-likeness (QED) is 0.798. The van der Waals surface area contributed by atoms with Gasteiger partial charge in [-0.1, -0.05) is 25.1 Å². The molecule has 0 aliphatic carbocycles. The first-order valence-electron chi connectivity index (χ1n) is 6.31. The lowest BCUT2D eigenvalue weighted by molar-refractivity contribution is -0.148. The minimum absolute atomic E-state index is 0.180. The van der Waals surface area contributed by atoms with E-state index in [1.165, 1.54) is 7.11 Å². The van der Waals surface area contributed by atoms with Gasteiger partial charge in [-0.15, -0.1) is 0 Å². The molecular weight excluding hydrogens is 228 g/mol. The minimum Gasteiger partial charge on any atom is -0.467 e. The van der Waals surface area contributed by atoms with E-state index in [4.69, 9.17) is 4.74 Å². The number of esters is 1. The monoisotopic (exact) mass is 248 g/mol. The molecule has 1 aromatic carbocycles. The largest absolute Gasteiger partial charge is 0.467 e. The first-order valence-corrected chi connectivity index (χ1v) is 6.31. The summed E-state index contributed by atoms with van der Waals surface area (Å²) in [5.41, 5.74) is 0.332. The Morgan fingerprint density at radius 2 is 2.17 bits per heavy atom. The Morgan fingerprint density at radius 3 is 2.78 bits per heavy atom. The molecule has 2 N–H and O–H groups in total. The molecule has 1 saturated heterocycles. The van der Waals surface area contributed by atoms with Crippen molar-refractivity contribution in [3.8, 4) is 0 Å². The second-order valence-corrected chi connectivity index (χ2v) is 4.81. The summed E-state index contributed by atoms with van der Waals surface area (Å²) in [6.07, 6.45) is 0.732. The SMILES string of the molecule is COC(=O)[C@]1(Nc2ccccc2)CCNC[C@@H]1C. The number of ether oxygens (including phenoxy) is 1. The first kappa shape index (κ1) is 12.9. The molecule has 0 bridgehead atoms. The van der Waals surface area contributed by atoms with Crippen LogP contribution in [0.15, 0.2) is 30.3 Å². The number of piperidine rings is 1. The van der Waals surface area contributed by atoms with Crippen LogP contribution >= 0.6 is 0 Å². The Bertz CT molecular complexity index is 408. The van der Waals surface area contributed by atoms with Gasteiger partial charge in [-0.2, -0.15) is 0 Å². The minimum atomic E-state index is -0.624. The summed E-state index contributed by atoms with van der Waals surface area (Å²) >= 11 is 0. The lowest BCUT2D eigenvalue weighted by atomic mass is 9.79. The summed E-state index contributed by atoms with van der Waals surface area (Å²) in [7, 11) is 1.45. The molecule has 0 amide bonds. The van der Waals surface area contributed by atoms with Crippen LogP contribution in [0, 0.1) is 5.92 Å².